The summed E-state index contributed by atoms with van der Waals surface area (Å²) in [6.45, 7) is 1.75. The van der Waals surface area contributed by atoms with E-state index in [1.54, 1.807) is 26.2 Å². The van der Waals surface area contributed by atoms with Gasteiger partial charge < -0.3 is 15.4 Å². The van der Waals surface area contributed by atoms with Gasteiger partial charge in [-0.2, -0.15) is 0 Å². The molecule has 0 saturated carbocycles. The van der Waals surface area contributed by atoms with Gasteiger partial charge in [-0.05, 0) is 37.3 Å². The third-order valence-electron chi connectivity index (χ3n) is 4.25. The van der Waals surface area contributed by atoms with Crippen molar-refractivity contribution in [3.05, 3.63) is 48.5 Å². The predicted molar refractivity (Wildman–Crippen MR) is 127 cm³/mol. The van der Waals surface area contributed by atoms with E-state index in [-0.39, 0.29) is 10.8 Å². The number of carbonyl (C=O) groups excluding carboxylic acids is 1. The Morgan fingerprint density at radius 3 is 2.56 bits per heavy atom. The highest BCUT2D eigenvalue weighted by Gasteiger charge is 2.20. The van der Waals surface area contributed by atoms with E-state index in [9.17, 15) is 13.2 Å². The van der Waals surface area contributed by atoms with Crippen LogP contribution >= 0.6 is 23.1 Å². The molecule has 3 rings (SSSR count). The van der Waals surface area contributed by atoms with E-state index < -0.39 is 15.3 Å². The van der Waals surface area contributed by atoms with Crippen molar-refractivity contribution in [2.75, 3.05) is 31.8 Å². The van der Waals surface area contributed by atoms with Gasteiger partial charge in [-0.1, -0.05) is 35.2 Å². The Hall–Kier alpha value is -2.67. The number of nitrogens with one attached hydrogen (secondary N) is 2. The molecule has 1 unspecified atom stereocenters. The molecule has 0 bridgehead atoms. The fourth-order valence-electron chi connectivity index (χ4n) is 2.53. The molecule has 0 radical (unpaired) electrons. The first-order valence-electron chi connectivity index (χ1n) is 9.44. The van der Waals surface area contributed by atoms with Crippen LogP contribution in [0.15, 0.2) is 57.8 Å². The van der Waals surface area contributed by atoms with E-state index >= 15 is 0 Å². The molecule has 170 valence electrons. The standard InChI is InChI=1S/C20H23N5O4S3/c1-13(18(26)21-15-8-6-10-17(12-15)32(27,28)25(2)3)30-20-24-23-19(31-20)22-14-7-5-9-16(11-14)29-4/h5-13H,1-4H3,(H,21,26)(H,22,23). The van der Waals surface area contributed by atoms with Crippen molar-refractivity contribution >= 4 is 55.5 Å². The zero-order chi connectivity index (χ0) is 23.3. The Labute approximate surface area is 195 Å². The number of anilines is 3. The van der Waals surface area contributed by atoms with Crippen molar-refractivity contribution in [3.8, 4) is 5.75 Å². The minimum absolute atomic E-state index is 0.109. The smallest absolute Gasteiger partial charge is 0.242 e. The number of nitrogens with zero attached hydrogens (tertiary/aromatic N) is 3. The molecule has 0 aliphatic carbocycles. The minimum atomic E-state index is -3.59. The van der Waals surface area contributed by atoms with E-state index in [1.165, 1.54) is 49.3 Å². The van der Waals surface area contributed by atoms with E-state index in [2.05, 4.69) is 20.8 Å². The molecule has 0 saturated heterocycles. The lowest BCUT2D eigenvalue weighted by molar-refractivity contribution is -0.115. The number of sulfonamides is 1. The van der Waals surface area contributed by atoms with E-state index in [1.807, 2.05) is 24.3 Å². The zero-order valence-corrected chi connectivity index (χ0v) is 20.3. The van der Waals surface area contributed by atoms with Crippen molar-refractivity contribution in [1.82, 2.24) is 14.5 Å². The van der Waals surface area contributed by atoms with Gasteiger partial charge in [0.25, 0.3) is 0 Å². The molecule has 2 N–H and O–H groups in total. The molecule has 1 atom stereocenters. The molecule has 12 heteroatoms. The highest BCUT2D eigenvalue weighted by atomic mass is 32.2. The van der Waals surface area contributed by atoms with Crippen LogP contribution in [0.1, 0.15) is 6.92 Å². The molecule has 9 nitrogen and oxygen atoms in total. The fraction of sp³-hybridized carbons (Fsp3) is 0.250. The largest absolute Gasteiger partial charge is 0.497 e. The lowest BCUT2D eigenvalue weighted by atomic mass is 10.3. The monoisotopic (exact) mass is 493 g/mol. The van der Waals surface area contributed by atoms with Crippen LogP contribution in [0, 0.1) is 0 Å². The third-order valence-corrected chi connectivity index (χ3v) is 8.09. The number of ether oxygens (including phenoxy) is 1. The quantitative estimate of drug-likeness (QED) is 0.434. The van der Waals surface area contributed by atoms with Crippen molar-refractivity contribution < 1.29 is 17.9 Å². The van der Waals surface area contributed by atoms with Gasteiger partial charge in [0.15, 0.2) is 4.34 Å². The molecule has 32 heavy (non-hydrogen) atoms. The van der Waals surface area contributed by atoms with Gasteiger partial charge in [-0.3, -0.25) is 4.79 Å². The van der Waals surface area contributed by atoms with Gasteiger partial charge in [0, 0.05) is 31.5 Å². The second kappa shape index (κ2) is 10.3. The number of aromatic nitrogens is 2. The first-order valence-corrected chi connectivity index (χ1v) is 12.6. The normalized spacial score (nSPS) is 12.4. The predicted octanol–water partition coefficient (Wildman–Crippen LogP) is 3.66. The van der Waals surface area contributed by atoms with Crippen molar-refractivity contribution in [1.29, 1.82) is 0 Å². The molecule has 0 aliphatic heterocycles. The molecule has 1 aromatic heterocycles. The lowest BCUT2D eigenvalue weighted by Gasteiger charge is -2.14. The van der Waals surface area contributed by atoms with Crippen LogP contribution in [0.4, 0.5) is 16.5 Å². The summed E-state index contributed by atoms with van der Waals surface area (Å²) in [7, 11) is 0.928. The summed E-state index contributed by atoms with van der Waals surface area (Å²) in [5.41, 5.74) is 1.22. The summed E-state index contributed by atoms with van der Waals surface area (Å²) in [5, 5.41) is 14.3. The lowest BCUT2D eigenvalue weighted by Crippen LogP contribution is -2.24. The van der Waals surface area contributed by atoms with Crippen LogP contribution in [0.2, 0.25) is 0 Å². The van der Waals surface area contributed by atoms with Crippen LogP contribution in [-0.2, 0) is 14.8 Å². The van der Waals surface area contributed by atoms with Crippen molar-refractivity contribution in [2.45, 2.75) is 21.4 Å². The van der Waals surface area contributed by atoms with E-state index in [4.69, 9.17) is 4.74 Å². The Morgan fingerprint density at radius 2 is 1.84 bits per heavy atom. The molecule has 2 aromatic carbocycles. The number of amides is 1. The molecule has 3 aromatic rings. The average molecular weight is 494 g/mol. The molecular formula is C20H23N5O4S3. The van der Waals surface area contributed by atoms with Crippen molar-refractivity contribution in [2.24, 2.45) is 0 Å². The summed E-state index contributed by atoms with van der Waals surface area (Å²) < 4.78 is 31.6. The van der Waals surface area contributed by atoms with Gasteiger partial charge in [0.05, 0.1) is 17.3 Å². The summed E-state index contributed by atoms with van der Waals surface area (Å²) in [4.78, 5) is 12.7. The Balaban J connectivity index is 1.62. The molecule has 1 amide bonds. The molecule has 0 fully saturated rings. The van der Waals surface area contributed by atoms with Gasteiger partial charge in [0.1, 0.15) is 5.75 Å². The van der Waals surface area contributed by atoms with Gasteiger partial charge in [-0.25, -0.2) is 12.7 Å². The van der Waals surface area contributed by atoms with Crippen LogP contribution in [0.3, 0.4) is 0 Å². The Morgan fingerprint density at radius 1 is 1.12 bits per heavy atom. The highest BCUT2D eigenvalue weighted by molar-refractivity contribution is 8.02. The van der Waals surface area contributed by atoms with E-state index in [0.717, 1.165) is 15.7 Å². The zero-order valence-electron chi connectivity index (χ0n) is 17.9. The van der Waals surface area contributed by atoms with Crippen LogP contribution in [0.25, 0.3) is 0 Å². The molecule has 0 spiro atoms. The van der Waals surface area contributed by atoms with Gasteiger partial charge >= 0.3 is 0 Å². The molecule has 0 aliphatic rings. The maximum Gasteiger partial charge on any atom is 0.242 e. The molecular weight excluding hydrogens is 470 g/mol. The number of hydrogen-bond acceptors (Lipinski definition) is 9. The Kier molecular flexibility index (Phi) is 7.72. The van der Waals surface area contributed by atoms with Crippen LogP contribution in [0.5, 0.6) is 5.75 Å². The van der Waals surface area contributed by atoms with Gasteiger partial charge in [-0.15, -0.1) is 10.2 Å². The average Bonchev–Trinajstić information content (AvgIpc) is 3.20. The fourth-order valence-corrected chi connectivity index (χ4v) is 5.39. The minimum Gasteiger partial charge on any atom is -0.497 e. The first-order chi connectivity index (χ1) is 15.2. The number of hydrogen-bond donors (Lipinski definition) is 2. The summed E-state index contributed by atoms with van der Waals surface area (Å²) in [6.07, 6.45) is 0. The number of thioether (sulfide) groups is 1. The maximum atomic E-state index is 12.6. The topological polar surface area (TPSA) is 114 Å². The highest BCUT2D eigenvalue weighted by Crippen LogP contribution is 2.31. The first kappa shape index (κ1) is 24.0. The van der Waals surface area contributed by atoms with Gasteiger partial charge in [0.2, 0.25) is 21.1 Å². The van der Waals surface area contributed by atoms with E-state index in [0.29, 0.717) is 15.2 Å². The Bertz CT molecular complexity index is 1200. The number of benzene rings is 2. The number of rotatable bonds is 9. The summed E-state index contributed by atoms with van der Waals surface area (Å²) >= 11 is 2.59. The summed E-state index contributed by atoms with van der Waals surface area (Å²) in [5.74, 6) is 0.453. The number of methoxy groups -OCH3 is 1. The SMILES string of the molecule is COc1cccc(Nc2nnc(SC(C)C(=O)Nc3cccc(S(=O)(=O)N(C)C)c3)s2)c1. The maximum absolute atomic E-state index is 12.6. The number of carbonyl (C=O) groups is 1. The van der Waals surface area contributed by atoms with Crippen molar-refractivity contribution in [3.63, 3.8) is 0 Å². The summed E-state index contributed by atoms with van der Waals surface area (Å²) in [6, 6.07) is 13.6. The second-order valence-electron chi connectivity index (χ2n) is 6.79. The van der Waals surface area contributed by atoms with Crippen LogP contribution < -0.4 is 15.4 Å². The van der Waals surface area contributed by atoms with Crippen LogP contribution in [-0.4, -0.2) is 55.3 Å². The molecule has 1 heterocycles. The second-order valence-corrected chi connectivity index (χ2v) is 11.5. The third kappa shape index (κ3) is 5.97.